The molecule has 0 unspecified atom stereocenters. The fourth-order valence-corrected chi connectivity index (χ4v) is 3.72. The number of halogens is 1. The van der Waals surface area contributed by atoms with Crippen LogP contribution in [0.4, 0.5) is 0 Å². The Labute approximate surface area is 138 Å². The van der Waals surface area contributed by atoms with Crippen molar-refractivity contribution >= 4 is 11.6 Å². The molecular formula is C16H27ClN4O. The van der Waals surface area contributed by atoms with Crippen molar-refractivity contribution in [1.82, 2.24) is 19.8 Å². The van der Waals surface area contributed by atoms with Crippen molar-refractivity contribution in [2.75, 3.05) is 32.8 Å². The summed E-state index contributed by atoms with van der Waals surface area (Å²) in [6.45, 7) is 10.3. The average molecular weight is 327 g/mol. The Morgan fingerprint density at radius 3 is 3.05 bits per heavy atom. The van der Waals surface area contributed by atoms with Gasteiger partial charge in [0.2, 0.25) is 0 Å². The van der Waals surface area contributed by atoms with Crippen molar-refractivity contribution in [3.8, 4) is 0 Å². The summed E-state index contributed by atoms with van der Waals surface area (Å²) in [5.74, 6) is 1.02. The molecular weight excluding hydrogens is 300 g/mol. The van der Waals surface area contributed by atoms with Gasteiger partial charge in [-0.15, -0.1) is 0 Å². The Bertz CT molecular complexity index is 492. The van der Waals surface area contributed by atoms with Crippen LogP contribution in [-0.2, 0) is 17.7 Å². The Hall–Kier alpha value is -0.620. The summed E-state index contributed by atoms with van der Waals surface area (Å²) in [5.41, 5.74) is 1.06. The maximum absolute atomic E-state index is 6.30. The molecule has 0 spiro atoms. The number of hydrogen-bond donors (Lipinski definition) is 1. The maximum Gasteiger partial charge on any atom is 0.151 e. The number of aromatic nitrogens is 2. The van der Waals surface area contributed by atoms with E-state index in [-0.39, 0.29) is 0 Å². The molecule has 2 atom stereocenters. The molecule has 3 rings (SSSR count). The number of nitrogens with zero attached hydrogens (tertiary/aromatic N) is 3. The van der Waals surface area contributed by atoms with Gasteiger partial charge in [0.05, 0.1) is 18.9 Å². The first-order valence-corrected chi connectivity index (χ1v) is 8.84. The van der Waals surface area contributed by atoms with E-state index in [2.05, 4.69) is 33.6 Å². The number of rotatable bonds is 5. The van der Waals surface area contributed by atoms with Crippen LogP contribution in [-0.4, -0.2) is 64.7 Å². The van der Waals surface area contributed by atoms with E-state index in [0.29, 0.717) is 17.2 Å². The number of piperazine rings is 1. The lowest BCUT2D eigenvalue weighted by atomic mass is 10.1. The van der Waals surface area contributed by atoms with Crippen LogP contribution in [0.1, 0.15) is 38.2 Å². The molecule has 6 heteroatoms. The third-order valence-corrected chi connectivity index (χ3v) is 5.09. The number of hydrogen-bond acceptors (Lipinski definition) is 4. The Kier molecular flexibility index (Phi) is 5.39. The third kappa shape index (κ3) is 3.65. The number of fused-ring (bicyclic) bond motifs is 1. The summed E-state index contributed by atoms with van der Waals surface area (Å²) in [5, 5.41) is 0.641. The van der Waals surface area contributed by atoms with Gasteiger partial charge in [-0.3, -0.25) is 9.80 Å². The summed E-state index contributed by atoms with van der Waals surface area (Å²) >= 11 is 6.30. The van der Waals surface area contributed by atoms with Crippen LogP contribution in [0, 0.1) is 0 Å². The van der Waals surface area contributed by atoms with Gasteiger partial charge in [0, 0.05) is 44.7 Å². The van der Waals surface area contributed by atoms with E-state index in [9.17, 15) is 0 Å². The van der Waals surface area contributed by atoms with Crippen molar-refractivity contribution in [2.45, 2.75) is 51.7 Å². The van der Waals surface area contributed by atoms with Crippen molar-refractivity contribution < 1.29 is 4.74 Å². The molecule has 124 valence electrons. The van der Waals surface area contributed by atoms with Crippen LogP contribution < -0.4 is 0 Å². The molecule has 2 fully saturated rings. The monoisotopic (exact) mass is 326 g/mol. The van der Waals surface area contributed by atoms with E-state index in [1.807, 2.05) is 0 Å². The van der Waals surface area contributed by atoms with E-state index in [1.165, 1.54) is 6.42 Å². The summed E-state index contributed by atoms with van der Waals surface area (Å²) in [6.07, 6.45) is 3.31. The highest BCUT2D eigenvalue weighted by molar-refractivity contribution is 6.30. The second kappa shape index (κ2) is 7.30. The first-order chi connectivity index (χ1) is 10.7. The van der Waals surface area contributed by atoms with Gasteiger partial charge in [0.15, 0.2) is 5.15 Å². The van der Waals surface area contributed by atoms with Crippen molar-refractivity contribution in [2.24, 2.45) is 0 Å². The summed E-state index contributed by atoms with van der Waals surface area (Å²) in [6, 6.07) is 1.05. The Morgan fingerprint density at radius 2 is 2.23 bits per heavy atom. The number of nitrogens with one attached hydrogen (secondary N) is 1. The zero-order chi connectivity index (χ0) is 15.5. The van der Waals surface area contributed by atoms with Gasteiger partial charge in [0.1, 0.15) is 5.82 Å². The smallest absolute Gasteiger partial charge is 0.151 e. The topological polar surface area (TPSA) is 44.4 Å². The minimum atomic E-state index is 0.513. The second-order valence-corrected chi connectivity index (χ2v) is 6.93. The summed E-state index contributed by atoms with van der Waals surface area (Å²) < 4.78 is 5.71. The van der Waals surface area contributed by atoms with Crippen LogP contribution >= 0.6 is 11.6 Å². The van der Waals surface area contributed by atoms with Gasteiger partial charge in [-0.25, -0.2) is 4.98 Å². The van der Waals surface area contributed by atoms with Gasteiger partial charge in [-0.05, 0) is 13.3 Å². The normalized spacial score (nSPS) is 27.0. The summed E-state index contributed by atoms with van der Waals surface area (Å²) in [4.78, 5) is 12.9. The van der Waals surface area contributed by atoms with E-state index in [0.717, 1.165) is 63.8 Å². The fraction of sp³-hybridized carbons (Fsp3) is 0.812. The zero-order valence-corrected chi connectivity index (χ0v) is 14.4. The van der Waals surface area contributed by atoms with Crippen LogP contribution in [0.15, 0.2) is 0 Å². The van der Waals surface area contributed by atoms with Gasteiger partial charge >= 0.3 is 0 Å². The van der Waals surface area contributed by atoms with Crippen LogP contribution in [0.5, 0.6) is 0 Å². The van der Waals surface area contributed by atoms with Crippen LogP contribution in [0.3, 0.4) is 0 Å². The first-order valence-electron chi connectivity index (χ1n) is 8.46. The molecule has 1 aromatic rings. The molecule has 0 aliphatic carbocycles. The molecule has 1 N–H and O–H groups in total. The molecule has 2 aliphatic heterocycles. The van der Waals surface area contributed by atoms with Gasteiger partial charge in [-0.2, -0.15) is 0 Å². The van der Waals surface area contributed by atoms with E-state index in [4.69, 9.17) is 16.3 Å². The molecule has 5 nitrogen and oxygen atoms in total. The number of morpholine rings is 1. The molecule has 0 radical (unpaired) electrons. The second-order valence-electron chi connectivity index (χ2n) is 6.57. The average Bonchev–Trinajstić information content (AvgIpc) is 2.85. The van der Waals surface area contributed by atoms with Gasteiger partial charge in [0.25, 0.3) is 0 Å². The maximum atomic E-state index is 6.30. The highest BCUT2D eigenvalue weighted by atomic mass is 35.5. The molecule has 3 heterocycles. The fourth-order valence-electron chi connectivity index (χ4n) is 3.51. The van der Waals surface area contributed by atoms with E-state index >= 15 is 0 Å². The number of aryl methyl sites for hydroxylation is 1. The number of unbranched alkanes of at least 4 members (excludes halogenated alkanes) is 1. The lowest BCUT2D eigenvalue weighted by molar-refractivity contribution is -0.0767. The standard InChI is InChI=1S/C16H27ClN4O/c1-3-4-5-15-18-14(16(17)19-15)9-20-6-7-21-12(2)10-22-11-13(21)8-20/h12-13H,3-11H2,1-2H3,(H,18,19)/t12-,13+/m0/s1. The first kappa shape index (κ1) is 16.2. The highest BCUT2D eigenvalue weighted by Crippen LogP contribution is 2.22. The molecule has 0 saturated carbocycles. The molecule has 2 saturated heterocycles. The Morgan fingerprint density at radius 1 is 1.36 bits per heavy atom. The largest absolute Gasteiger partial charge is 0.378 e. The number of ether oxygens (including phenoxy) is 1. The van der Waals surface area contributed by atoms with Gasteiger partial charge < -0.3 is 9.72 Å². The third-order valence-electron chi connectivity index (χ3n) is 4.77. The van der Waals surface area contributed by atoms with Crippen LogP contribution in [0.2, 0.25) is 5.15 Å². The highest BCUT2D eigenvalue weighted by Gasteiger charge is 2.33. The predicted octanol–water partition coefficient (Wildman–Crippen LogP) is 2.31. The SMILES string of the molecule is CCCCc1nc(Cl)c(CN2CCN3[C@@H](COC[C@@H]3C)C2)[nH]1. The Balaban J connectivity index is 1.58. The zero-order valence-electron chi connectivity index (χ0n) is 13.6. The lowest BCUT2D eigenvalue weighted by Gasteiger charge is -2.47. The molecule has 1 aromatic heterocycles. The number of imidazole rings is 1. The van der Waals surface area contributed by atoms with Crippen molar-refractivity contribution in [3.63, 3.8) is 0 Å². The number of aromatic amines is 1. The van der Waals surface area contributed by atoms with E-state index in [1.54, 1.807) is 0 Å². The minimum absolute atomic E-state index is 0.513. The number of H-pyrrole nitrogens is 1. The van der Waals surface area contributed by atoms with Gasteiger partial charge in [-0.1, -0.05) is 24.9 Å². The van der Waals surface area contributed by atoms with E-state index < -0.39 is 0 Å². The molecule has 0 amide bonds. The van der Waals surface area contributed by atoms with Crippen LogP contribution in [0.25, 0.3) is 0 Å². The summed E-state index contributed by atoms with van der Waals surface area (Å²) in [7, 11) is 0. The predicted molar refractivity (Wildman–Crippen MR) is 88.3 cm³/mol. The van der Waals surface area contributed by atoms with Crippen molar-refractivity contribution in [1.29, 1.82) is 0 Å². The molecule has 0 aromatic carbocycles. The van der Waals surface area contributed by atoms with Crippen molar-refractivity contribution in [3.05, 3.63) is 16.7 Å². The molecule has 2 aliphatic rings. The quantitative estimate of drug-likeness (QED) is 0.902. The minimum Gasteiger partial charge on any atom is -0.378 e. The molecule has 22 heavy (non-hydrogen) atoms. The molecule has 0 bridgehead atoms. The lowest BCUT2D eigenvalue weighted by Crippen LogP contribution is -2.60.